The number of unbranched alkanes of at least 4 members (excludes halogenated alkanes) is 1. The van der Waals surface area contributed by atoms with Crippen LogP contribution in [0.1, 0.15) is 26.2 Å². The Bertz CT molecular complexity index is 915. The molecule has 3 rings (SSSR count). The summed E-state index contributed by atoms with van der Waals surface area (Å²) in [6.07, 6.45) is 2.41. The number of carbonyl (C=O) groups is 1. The first kappa shape index (κ1) is 17.7. The lowest BCUT2D eigenvalue weighted by atomic mass is 10.3. The summed E-state index contributed by atoms with van der Waals surface area (Å²) in [6, 6.07) is 7.15. The summed E-state index contributed by atoms with van der Waals surface area (Å²) in [6.45, 7) is 2.39. The number of nitrogens with zero attached hydrogens (tertiary/aromatic N) is 3. The fraction of sp³-hybridized carbons (Fsp3) is 0.375. The largest absolute Gasteiger partial charge is 0.419 e. The minimum absolute atomic E-state index is 0.154. The van der Waals surface area contributed by atoms with Gasteiger partial charge in [-0.2, -0.15) is 0 Å². The van der Waals surface area contributed by atoms with Crippen LogP contribution in [0.5, 0.6) is 0 Å². The highest BCUT2D eigenvalue weighted by molar-refractivity contribution is 8.01. The van der Waals surface area contributed by atoms with Crippen molar-refractivity contribution in [2.45, 2.75) is 37.1 Å². The number of para-hydroxylation sites is 2. The normalized spacial score (nSPS) is 11.1. The van der Waals surface area contributed by atoms with E-state index >= 15 is 0 Å². The molecule has 0 radical (unpaired) electrons. The van der Waals surface area contributed by atoms with Crippen LogP contribution in [0.25, 0.3) is 11.1 Å². The van der Waals surface area contributed by atoms with Crippen molar-refractivity contribution < 1.29 is 9.21 Å². The quantitative estimate of drug-likeness (QED) is 0.367. The molecule has 0 aliphatic rings. The zero-order valence-electron chi connectivity index (χ0n) is 13.7. The number of aromatic nitrogens is 3. The summed E-state index contributed by atoms with van der Waals surface area (Å²) in [5.74, 6) is 0.327. The summed E-state index contributed by atoms with van der Waals surface area (Å²) in [4.78, 5) is 24.0. The van der Waals surface area contributed by atoms with Crippen molar-refractivity contribution in [3.8, 4) is 0 Å². The molecule has 0 saturated heterocycles. The van der Waals surface area contributed by atoms with Crippen molar-refractivity contribution in [2.75, 3.05) is 11.1 Å². The molecule has 1 amide bonds. The highest BCUT2D eigenvalue weighted by atomic mass is 32.2. The highest BCUT2D eigenvalue weighted by Crippen LogP contribution is 2.26. The molecule has 1 N–H and O–H groups in total. The first-order chi connectivity index (χ1) is 12.2. The second kappa shape index (κ2) is 8.30. The van der Waals surface area contributed by atoms with Gasteiger partial charge >= 0.3 is 5.76 Å². The number of fused-ring (bicyclic) bond motifs is 1. The Morgan fingerprint density at radius 3 is 3.04 bits per heavy atom. The number of hydrogen-bond acceptors (Lipinski definition) is 7. The standard InChI is InChI=1S/C16H18N4O3S2/c1-2-3-10-24-15-19-18-14(25-15)17-13(21)8-9-20-11-6-4-5-7-12(11)23-16(20)22/h4-7H,2-3,8-10H2,1H3,(H,17,18,21). The summed E-state index contributed by atoms with van der Waals surface area (Å²) in [7, 11) is 0. The van der Waals surface area contributed by atoms with Crippen molar-refractivity contribution in [1.29, 1.82) is 0 Å². The van der Waals surface area contributed by atoms with Crippen molar-refractivity contribution in [1.82, 2.24) is 14.8 Å². The zero-order chi connectivity index (χ0) is 17.6. The molecule has 0 atom stereocenters. The molecule has 25 heavy (non-hydrogen) atoms. The Morgan fingerprint density at radius 1 is 1.36 bits per heavy atom. The fourth-order valence-electron chi connectivity index (χ4n) is 2.24. The second-order valence-corrected chi connectivity index (χ2v) is 7.68. The summed E-state index contributed by atoms with van der Waals surface area (Å²) >= 11 is 3.01. The SMILES string of the molecule is CCCCSc1nnc(NC(=O)CCn2c(=O)oc3ccccc32)s1. The minimum Gasteiger partial charge on any atom is -0.408 e. The lowest BCUT2D eigenvalue weighted by Gasteiger charge is -2.02. The van der Waals surface area contributed by atoms with Crippen LogP contribution in [-0.2, 0) is 11.3 Å². The van der Waals surface area contributed by atoms with Crippen LogP contribution in [0, 0.1) is 0 Å². The number of rotatable bonds is 8. The number of nitrogens with one attached hydrogen (secondary N) is 1. The van der Waals surface area contributed by atoms with Gasteiger partial charge in [0.15, 0.2) is 9.92 Å². The maximum Gasteiger partial charge on any atom is 0.419 e. The Labute approximate surface area is 152 Å². The van der Waals surface area contributed by atoms with Gasteiger partial charge in [0, 0.05) is 18.7 Å². The average Bonchev–Trinajstić information content (AvgIpc) is 3.16. The number of carbonyl (C=O) groups excluding carboxylic acids is 1. The monoisotopic (exact) mass is 378 g/mol. The van der Waals surface area contributed by atoms with Gasteiger partial charge in [0.05, 0.1) is 5.52 Å². The van der Waals surface area contributed by atoms with Crippen LogP contribution in [0.4, 0.5) is 5.13 Å². The predicted molar refractivity (Wildman–Crippen MR) is 99.3 cm³/mol. The molecule has 0 bridgehead atoms. The van der Waals surface area contributed by atoms with E-state index in [0.717, 1.165) is 22.9 Å². The second-order valence-electron chi connectivity index (χ2n) is 5.36. The number of hydrogen-bond donors (Lipinski definition) is 1. The van der Waals surface area contributed by atoms with E-state index in [1.165, 1.54) is 15.9 Å². The molecule has 3 aromatic rings. The average molecular weight is 378 g/mol. The summed E-state index contributed by atoms with van der Waals surface area (Å²) in [5.41, 5.74) is 1.21. The Hall–Kier alpha value is -2.13. The molecule has 132 valence electrons. The molecule has 2 heterocycles. The molecule has 9 heteroatoms. The van der Waals surface area contributed by atoms with Gasteiger partial charge < -0.3 is 9.73 Å². The zero-order valence-corrected chi connectivity index (χ0v) is 15.4. The van der Waals surface area contributed by atoms with Crippen LogP contribution in [0.3, 0.4) is 0 Å². The van der Waals surface area contributed by atoms with Crippen LogP contribution < -0.4 is 11.1 Å². The molecular formula is C16H18N4O3S2. The van der Waals surface area contributed by atoms with Crippen molar-refractivity contribution in [2.24, 2.45) is 0 Å². The first-order valence-corrected chi connectivity index (χ1v) is 9.82. The lowest BCUT2D eigenvalue weighted by molar-refractivity contribution is -0.116. The van der Waals surface area contributed by atoms with Gasteiger partial charge in [0.25, 0.3) is 0 Å². The number of thioether (sulfide) groups is 1. The van der Waals surface area contributed by atoms with Gasteiger partial charge in [0.2, 0.25) is 11.0 Å². The van der Waals surface area contributed by atoms with Gasteiger partial charge in [-0.3, -0.25) is 9.36 Å². The smallest absolute Gasteiger partial charge is 0.408 e. The van der Waals surface area contributed by atoms with Gasteiger partial charge in [-0.05, 0) is 18.6 Å². The van der Waals surface area contributed by atoms with E-state index in [2.05, 4.69) is 22.4 Å². The Morgan fingerprint density at radius 2 is 2.20 bits per heavy atom. The van der Waals surface area contributed by atoms with E-state index < -0.39 is 5.76 Å². The third-order valence-corrected chi connectivity index (χ3v) is 5.57. The Balaban J connectivity index is 1.56. The number of anilines is 1. The number of benzene rings is 1. The van der Waals surface area contributed by atoms with Crippen LogP contribution in [-0.4, -0.2) is 26.4 Å². The maximum absolute atomic E-state index is 12.1. The van der Waals surface area contributed by atoms with Crippen LogP contribution in [0.2, 0.25) is 0 Å². The van der Waals surface area contributed by atoms with Crippen LogP contribution in [0.15, 0.2) is 37.8 Å². The third-order valence-electron chi connectivity index (χ3n) is 3.51. The molecule has 0 saturated carbocycles. The van der Waals surface area contributed by atoms with Crippen molar-refractivity contribution in [3.63, 3.8) is 0 Å². The molecule has 0 fully saturated rings. The molecule has 0 aliphatic carbocycles. The fourth-order valence-corrected chi connectivity index (χ4v) is 4.17. The molecule has 0 spiro atoms. The molecule has 7 nitrogen and oxygen atoms in total. The third kappa shape index (κ3) is 4.49. The van der Waals surface area contributed by atoms with Crippen molar-refractivity contribution in [3.05, 3.63) is 34.8 Å². The minimum atomic E-state index is -0.459. The van der Waals surface area contributed by atoms with E-state index in [1.807, 2.05) is 6.07 Å². The van der Waals surface area contributed by atoms with E-state index in [4.69, 9.17) is 4.42 Å². The maximum atomic E-state index is 12.1. The predicted octanol–water partition coefficient (Wildman–Crippen LogP) is 3.37. The number of aryl methyl sites for hydroxylation is 1. The van der Waals surface area contributed by atoms with Gasteiger partial charge in [-0.15, -0.1) is 10.2 Å². The van der Waals surface area contributed by atoms with Gasteiger partial charge in [-0.1, -0.05) is 48.6 Å². The van der Waals surface area contributed by atoms with E-state index in [0.29, 0.717) is 16.2 Å². The number of oxazole rings is 1. The topological polar surface area (TPSA) is 90.0 Å². The summed E-state index contributed by atoms with van der Waals surface area (Å²) < 4.78 is 7.46. The Kier molecular flexibility index (Phi) is 5.87. The molecule has 0 unspecified atom stereocenters. The molecule has 2 aromatic heterocycles. The van der Waals surface area contributed by atoms with E-state index in [-0.39, 0.29) is 18.9 Å². The summed E-state index contributed by atoms with van der Waals surface area (Å²) in [5, 5.41) is 11.2. The van der Waals surface area contributed by atoms with E-state index in [1.54, 1.807) is 30.0 Å². The highest BCUT2D eigenvalue weighted by Gasteiger charge is 2.12. The van der Waals surface area contributed by atoms with Crippen molar-refractivity contribution >= 4 is 45.2 Å². The van der Waals surface area contributed by atoms with Gasteiger partial charge in [-0.25, -0.2) is 4.79 Å². The molecular weight excluding hydrogens is 360 g/mol. The number of amides is 1. The molecule has 1 aromatic carbocycles. The van der Waals surface area contributed by atoms with Gasteiger partial charge in [0.1, 0.15) is 0 Å². The lowest BCUT2D eigenvalue weighted by Crippen LogP contribution is -2.19. The van der Waals surface area contributed by atoms with Crippen LogP contribution >= 0.6 is 23.1 Å². The first-order valence-electron chi connectivity index (χ1n) is 8.02. The molecule has 0 aliphatic heterocycles. The van der Waals surface area contributed by atoms with E-state index in [9.17, 15) is 9.59 Å².